The Morgan fingerprint density at radius 3 is 2.48 bits per heavy atom. The highest BCUT2D eigenvalue weighted by Gasteiger charge is 2.32. The number of rotatable bonds is 5. The maximum absolute atomic E-state index is 12.9. The van der Waals surface area contributed by atoms with Gasteiger partial charge in [-0.15, -0.1) is 0 Å². The molecule has 0 unspecified atom stereocenters. The van der Waals surface area contributed by atoms with Crippen molar-refractivity contribution >= 4 is 5.91 Å². The number of amides is 1. The first kappa shape index (κ1) is 21.8. The lowest BCUT2D eigenvalue weighted by molar-refractivity contribution is -0.141. The maximum atomic E-state index is 12.9. The van der Waals surface area contributed by atoms with E-state index in [0.717, 1.165) is 12.3 Å². The van der Waals surface area contributed by atoms with Crippen LogP contribution in [0.5, 0.6) is 0 Å². The first-order valence-corrected chi connectivity index (χ1v) is 9.57. The Kier molecular flexibility index (Phi) is 5.94. The van der Waals surface area contributed by atoms with Gasteiger partial charge in [-0.05, 0) is 35.9 Å². The number of hydrogen-bond donors (Lipinski definition) is 2. The quantitative estimate of drug-likeness (QED) is 0.481. The van der Waals surface area contributed by atoms with Crippen LogP contribution >= 0.6 is 0 Å². The molecule has 0 aromatic carbocycles. The molecule has 11 heteroatoms. The second kappa shape index (κ2) is 8.99. The predicted molar refractivity (Wildman–Crippen MR) is 112 cm³/mol. The van der Waals surface area contributed by atoms with Crippen LogP contribution in [0.2, 0.25) is 0 Å². The molecule has 0 bridgehead atoms. The molecule has 1 amide bonds. The van der Waals surface area contributed by atoms with Crippen molar-refractivity contribution in [1.82, 2.24) is 30.2 Å². The largest absolute Gasteiger partial charge is 0.433 e. The standard InChI is InChI=1S/C22H15F3N6O2/c23-22(24,25)19-9-14(3-4-28-19)17-7-13(8-20(32)31-17)10-30-21(33)16-2-1-15(11-29-16)18-12-26-5-6-27-18/h1-9,11-12H,10H2,(H,30,33)(H,31,32). The molecule has 166 valence electrons. The monoisotopic (exact) mass is 452 g/mol. The summed E-state index contributed by atoms with van der Waals surface area (Å²) in [5, 5.41) is 2.64. The second-order valence-corrected chi connectivity index (χ2v) is 6.90. The van der Waals surface area contributed by atoms with Crippen LogP contribution in [0.4, 0.5) is 13.2 Å². The van der Waals surface area contributed by atoms with Gasteiger partial charge in [0.05, 0.1) is 11.9 Å². The van der Waals surface area contributed by atoms with Crippen LogP contribution in [-0.4, -0.2) is 30.8 Å². The fourth-order valence-electron chi connectivity index (χ4n) is 3.01. The fraction of sp³-hybridized carbons (Fsp3) is 0.0909. The van der Waals surface area contributed by atoms with E-state index in [1.54, 1.807) is 24.7 Å². The summed E-state index contributed by atoms with van der Waals surface area (Å²) in [6, 6.07) is 8.14. The number of halogens is 3. The van der Waals surface area contributed by atoms with E-state index >= 15 is 0 Å². The zero-order chi connectivity index (χ0) is 23.4. The molecule has 0 saturated heterocycles. The number of alkyl halides is 3. The van der Waals surface area contributed by atoms with Gasteiger partial charge in [0, 0.05) is 54.2 Å². The van der Waals surface area contributed by atoms with E-state index in [4.69, 9.17) is 0 Å². The summed E-state index contributed by atoms with van der Waals surface area (Å²) in [5.41, 5.74) is 0.576. The van der Waals surface area contributed by atoms with E-state index in [-0.39, 0.29) is 23.5 Å². The van der Waals surface area contributed by atoms with Gasteiger partial charge in [-0.3, -0.25) is 29.5 Å². The summed E-state index contributed by atoms with van der Waals surface area (Å²) in [6.07, 6.45) is 2.55. The van der Waals surface area contributed by atoms with E-state index in [1.165, 1.54) is 30.5 Å². The van der Waals surface area contributed by atoms with Gasteiger partial charge in [0.25, 0.3) is 5.91 Å². The zero-order valence-corrected chi connectivity index (χ0v) is 16.8. The number of pyridine rings is 3. The summed E-state index contributed by atoms with van der Waals surface area (Å²) in [6.45, 7) is -0.0272. The smallest absolute Gasteiger partial charge is 0.347 e. The molecule has 4 aromatic heterocycles. The van der Waals surface area contributed by atoms with Crippen molar-refractivity contribution in [3.63, 3.8) is 0 Å². The minimum Gasteiger partial charge on any atom is -0.347 e. The molecule has 4 rings (SSSR count). The first-order valence-electron chi connectivity index (χ1n) is 9.57. The average molecular weight is 452 g/mol. The zero-order valence-electron chi connectivity index (χ0n) is 16.8. The van der Waals surface area contributed by atoms with Crippen molar-refractivity contribution in [3.8, 4) is 22.5 Å². The molecular formula is C22H15F3N6O2. The Morgan fingerprint density at radius 2 is 1.79 bits per heavy atom. The minimum atomic E-state index is -4.61. The second-order valence-electron chi connectivity index (χ2n) is 6.90. The van der Waals surface area contributed by atoms with Crippen LogP contribution in [0.1, 0.15) is 21.7 Å². The van der Waals surface area contributed by atoms with Gasteiger partial charge < -0.3 is 10.3 Å². The highest BCUT2D eigenvalue weighted by atomic mass is 19.4. The lowest BCUT2D eigenvalue weighted by atomic mass is 10.1. The Bertz CT molecular complexity index is 1340. The Morgan fingerprint density at radius 1 is 0.939 bits per heavy atom. The summed E-state index contributed by atoms with van der Waals surface area (Å²) >= 11 is 0. The number of hydrogen-bond acceptors (Lipinski definition) is 6. The van der Waals surface area contributed by atoms with Gasteiger partial charge in [-0.1, -0.05) is 0 Å². The van der Waals surface area contributed by atoms with E-state index in [9.17, 15) is 22.8 Å². The van der Waals surface area contributed by atoms with Crippen LogP contribution in [0.15, 0.2) is 72.2 Å². The molecule has 0 radical (unpaired) electrons. The summed E-state index contributed by atoms with van der Waals surface area (Å²) < 4.78 is 38.8. The van der Waals surface area contributed by atoms with E-state index < -0.39 is 23.3 Å². The highest BCUT2D eigenvalue weighted by molar-refractivity contribution is 5.92. The minimum absolute atomic E-state index is 0.0272. The van der Waals surface area contributed by atoms with E-state index in [2.05, 4.69) is 30.2 Å². The first-order chi connectivity index (χ1) is 15.8. The maximum Gasteiger partial charge on any atom is 0.433 e. The molecule has 0 aliphatic heterocycles. The van der Waals surface area contributed by atoms with Gasteiger partial charge in [-0.25, -0.2) is 0 Å². The van der Waals surface area contributed by atoms with Gasteiger partial charge in [0.2, 0.25) is 5.56 Å². The SMILES string of the molecule is O=C(NCc1cc(-c2ccnc(C(F)(F)F)c2)[nH]c(=O)c1)c1ccc(-c2cnccn2)cn1. The molecule has 33 heavy (non-hydrogen) atoms. The van der Waals surface area contributed by atoms with Crippen molar-refractivity contribution in [2.45, 2.75) is 12.7 Å². The molecule has 0 aliphatic rings. The number of H-pyrrole nitrogens is 1. The van der Waals surface area contributed by atoms with Crippen LogP contribution in [0, 0.1) is 0 Å². The molecule has 0 spiro atoms. The lowest BCUT2D eigenvalue weighted by Crippen LogP contribution is -2.24. The summed E-state index contributed by atoms with van der Waals surface area (Å²) in [5.74, 6) is -0.481. The fourth-order valence-corrected chi connectivity index (χ4v) is 3.01. The van der Waals surface area contributed by atoms with Crippen molar-refractivity contribution in [3.05, 3.63) is 94.7 Å². The molecule has 0 aliphatic carbocycles. The van der Waals surface area contributed by atoms with Gasteiger partial charge in [-0.2, -0.15) is 13.2 Å². The molecule has 8 nitrogen and oxygen atoms in total. The van der Waals surface area contributed by atoms with Crippen LogP contribution in [-0.2, 0) is 12.7 Å². The number of aromatic nitrogens is 5. The highest BCUT2D eigenvalue weighted by Crippen LogP contribution is 2.29. The normalized spacial score (nSPS) is 11.2. The van der Waals surface area contributed by atoms with E-state index in [1.807, 2.05) is 0 Å². The predicted octanol–water partition coefficient (Wildman–Crippen LogP) is 3.24. The third-order valence-electron chi connectivity index (χ3n) is 4.57. The van der Waals surface area contributed by atoms with Gasteiger partial charge in [0.1, 0.15) is 11.4 Å². The number of carbonyl (C=O) groups is 1. The molecule has 2 N–H and O–H groups in total. The van der Waals surface area contributed by atoms with Crippen molar-refractivity contribution in [2.24, 2.45) is 0 Å². The summed E-state index contributed by atoms with van der Waals surface area (Å²) in [7, 11) is 0. The number of nitrogens with zero attached hydrogens (tertiary/aromatic N) is 4. The average Bonchev–Trinajstić information content (AvgIpc) is 2.82. The molecule has 0 fully saturated rings. The van der Waals surface area contributed by atoms with Crippen molar-refractivity contribution in [1.29, 1.82) is 0 Å². The molecule has 4 aromatic rings. The van der Waals surface area contributed by atoms with Crippen molar-refractivity contribution in [2.75, 3.05) is 0 Å². The van der Waals surface area contributed by atoms with Gasteiger partial charge in [0.15, 0.2) is 0 Å². The Balaban J connectivity index is 1.48. The third kappa shape index (κ3) is 5.26. The number of nitrogens with one attached hydrogen (secondary N) is 2. The molecule has 0 atom stereocenters. The molecule has 0 saturated carbocycles. The summed E-state index contributed by atoms with van der Waals surface area (Å²) in [4.78, 5) is 42.5. The van der Waals surface area contributed by atoms with E-state index in [0.29, 0.717) is 16.8 Å². The number of carbonyl (C=O) groups excluding carboxylic acids is 1. The Labute approximate surface area is 184 Å². The lowest BCUT2D eigenvalue weighted by Gasteiger charge is -2.10. The van der Waals surface area contributed by atoms with Crippen LogP contribution in [0.25, 0.3) is 22.5 Å². The topological polar surface area (TPSA) is 114 Å². The van der Waals surface area contributed by atoms with Gasteiger partial charge >= 0.3 is 6.18 Å². The number of aromatic amines is 1. The van der Waals surface area contributed by atoms with Crippen LogP contribution < -0.4 is 10.9 Å². The van der Waals surface area contributed by atoms with Crippen LogP contribution in [0.3, 0.4) is 0 Å². The molecule has 4 heterocycles. The third-order valence-corrected chi connectivity index (χ3v) is 4.57. The molecular weight excluding hydrogens is 437 g/mol. The Hall–Kier alpha value is -4.41. The van der Waals surface area contributed by atoms with Crippen molar-refractivity contribution < 1.29 is 18.0 Å².